The van der Waals surface area contributed by atoms with Gasteiger partial charge in [-0.15, -0.1) is 0 Å². The quantitative estimate of drug-likeness (QED) is 0.436. The summed E-state index contributed by atoms with van der Waals surface area (Å²) in [7, 11) is 0. The average Bonchev–Trinajstić information content (AvgIpc) is 2.70. The van der Waals surface area contributed by atoms with Gasteiger partial charge in [0.05, 0.1) is 0 Å². The number of rotatable bonds is 10. The fraction of sp³-hybridized carbons (Fsp3) is 0.520. The van der Waals surface area contributed by atoms with Crippen molar-refractivity contribution >= 4 is 5.69 Å². The Morgan fingerprint density at radius 1 is 0.926 bits per heavy atom. The van der Waals surface area contributed by atoms with E-state index in [1.165, 1.54) is 81.1 Å². The Morgan fingerprint density at radius 3 is 2.56 bits per heavy atom. The Bertz CT molecular complexity index is 680. The van der Waals surface area contributed by atoms with Gasteiger partial charge in [-0.1, -0.05) is 62.2 Å². The van der Waals surface area contributed by atoms with Crippen LogP contribution in [-0.4, -0.2) is 24.0 Å². The third-order valence-corrected chi connectivity index (χ3v) is 6.02. The molecule has 0 fully saturated rings. The van der Waals surface area contributed by atoms with E-state index in [1.54, 1.807) is 0 Å². The van der Waals surface area contributed by atoms with E-state index in [1.807, 2.05) is 0 Å². The van der Waals surface area contributed by atoms with E-state index in [2.05, 4.69) is 60.4 Å². The van der Waals surface area contributed by atoms with Crippen LogP contribution < -0.4 is 5.73 Å². The lowest BCUT2D eigenvalue weighted by molar-refractivity contribution is 0.176. The van der Waals surface area contributed by atoms with Crippen LogP contribution in [0.1, 0.15) is 62.1 Å². The zero-order valence-electron chi connectivity index (χ0n) is 17.0. The topological polar surface area (TPSA) is 29.3 Å². The van der Waals surface area contributed by atoms with Gasteiger partial charge in [0.2, 0.25) is 0 Å². The maximum Gasteiger partial charge on any atom is 0.0349 e. The summed E-state index contributed by atoms with van der Waals surface area (Å²) in [5, 5.41) is 0. The van der Waals surface area contributed by atoms with Gasteiger partial charge in [-0.2, -0.15) is 0 Å². The minimum Gasteiger partial charge on any atom is -0.398 e. The smallest absolute Gasteiger partial charge is 0.0349 e. The van der Waals surface area contributed by atoms with E-state index in [9.17, 15) is 0 Å². The predicted molar refractivity (Wildman–Crippen MR) is 117 cm³/mol. The molecule has 0 aliphatic heterocycles. The lowest BCUT2D eigenvalue weighted by Crippen LogP contribution is -2.40. The monoisotopic (exact) mass is 364 g/mol. The molecule has 0 amide bonds. The standard InChI is InChI=1S/C25H36N2/c1-2-18-27(19-9-4-3-6-11-21-12-7-5-8-13-21)23-16-17-24-22(20-23)14-10-15-25(24)26/h5,7-8,10,12-15,23H,2-4,6,9,11,16-20,26H2,1H3. The van der Waals surface area contributed by atoms with E-state index in [0.717, 1.165) is 12.1 Å². The highest BCUT2D eigenvalue weighted by Gasteiger charge is 2.24. The first-order chi connectivity index (χ1) is 13.3. The molecular formula is C25H36N2. The highest BCUT2D eigenvalue weighted by atomic mass is 15.1. The summed E-state index contributed by atoms with van der Waals surface area (Å²) < 4.78 is 0. The van der Waals surface area contributed by atoms with E-state index in [-0.39, 0.29) is 0 Å². The molecule has 2 heteroatoms. The third kappa shape index (κ3) is 5.84. The van der Waals surface area contributed by atoms with Gasteiger partial charge in [0.1, 0.15) is 0 Å². The van der Waals surface area contributed by atoms with Crippen molar-refractivity contribution < 1.29 is 0 Å². The highest BCUT2D eigenvalue weighted by Crippen LogP contribution is 2.28. The van der Waals surface area contributed by atoms with Crippen LogP contribution in [0.5, 0.6) is 0 Å². The summed E-state index contributed by atoms with van der Waals surface area (Å²) in [5.41, 5.74) is 11.5. The fourth-order valence-corrected chi connectivity index (χ4v) is 4.54. The molecule has 2 nitrogen and oxygen atoms in total. The second-order valence-electron chi connectivity index (χ2n) is 8.07. The van der Waals surface area contributed by atoms with Crippen LogP contribution in [0.3, 0.4) is 0 Å². The molecule has 0 aromatic heterocycles. The minimum atomic E-state index is 0.698. The third-order valence-electron chi connectivity index (χ3n) is 6.02. The Hall–Kier alpha value is -1.80. The Kier molecular flexibility index (Phi) is 7.77. The molecule has 0 heterocycles. The van der Waals surface area contributed by atoms with Crippen molar-refractivity contribution in [3.05, 3.63) is 65.2 Å². The number of nitrogen functional groups attached to an aromatic ring is 1. The number of hydrogen-bond acceptors (Lipinski definition) is 2. The zero-order chi connectivity index (χ0) is 18.9. The van der Waals surface area contributed by atoms with Gasteiger partial charge in [-0.25, -0.2) is 0 Å². The molecule has 1 atom stereocenters. The number of anilines is 1. The fourth-order valence-electron chi connectivity index (χ4n) is 4.54. The second-order valence-corrected chi connectivity index (χ2v) is 8.07. The molecule has 1 aliphatic carbocycles. The minimum absolute atomic E-state index is 0.698. The molecule has 146 valence electrons. The highest BCUT2D eigenvalue weighted by molar-refractivity contribution is 5.52. The van der Waals surface area contributed by atoms with E-state index in [4.69, 9.17) is 5.73 Å². The van der Waals surface area contributed by atoms with Crippen molar-refractivity contribution in [2.75, 3.05) is 18.8 Å². The SMILES string of the molecule is CCCN(CCCCCCc1ccccc1)C1CCc2c(N)cccc2C1. The number of hydrogen-bond donors (Lipinski definition) is 1. The van der Waals surface area contributed by atoms with Crippen molar-refractivity contribution in [1.82, 2.24) is 4.90 Å². The Balaban J connectivity index is 1.41. The van der Waals surface area contributed by atoms with Crippen LogP contribution in [0.25, 0.3) is 0 Å². The number of unbranched alkanes of at least 4 members (excludes halogenated alkanes) is 3. The van der Waals surface area contributed by atoms with Crippen LogP contribution >= 0.6 is 0 Å². The van der Waals surface area contributed by atoms with Gasteiger partial charge in [0.25, 0.3) is 0 Å². The first-order valence-electron chi connectivity index (χ1n) is 10.9. The molecule has 2 aromatic carbocycles. The molecule has 0 saturated carbocycles. The summed E-state index contributed by atoms with van der Waals surface area (Å²) in [6, 6.07) is 18.0. The zero-order valence-corrected chi connectivity index (χ0v) is 17.0. The van der Waals surface area contributed by atoms with Crippen molar-refractivity contribution in [1.29, 1.82) is 0 Å². The summed E-state index contributed by atoms with van der Waals surface area (Å²) in [4.78, 5) is 2.75. The molecule has 1 unspecified atom stereocenters. The largest absolute Gasteiger partial charge is 0.398 e. The summed E-state index contributed by atoms with van der Waals surface area (Å²) in [6.45, 7) is 4.79. The first-order valence-corrected chi connectivity index (χ1v) is 10.9. The average molecular weight is 365 g/mol. The van der Waals surface area contributed by atoms with Crippen molar-refractivity contribution in [3.63, 3.8) is 0 Å². The second kappa shape index (κ2) is 10.5. The molecule has 0 bridgehead atoms. The van der Waals surface area contributed by atoms with E-state index >= 15 is 0 Å². The molecule has 3 rings (SSSR count). The maximum absolute atomic E-state index is 6.18. The van der Waals surface area contributed by atoms with Crippen molar-refractivity contribution in [2.45, 2.75) is 70.8 Å². The number of nitrogens with two attached hydrogens (primary N) is 1. The molecule has 0 spiro atoms. The van der Waals surface area contributed by atoms with Gasteiger partial charge < -0.3 is 10.6 Å². The molecule has 2 aromatic rings. The molecule has 0 radical (unpaired) electrons. The van der Waals surface area contributed by atoms with Gasteiger partial charge >= 0.3 is 0 Å². The van der Waals surface area contributed by atoms with Crippen LogP contribution in [0.4, 0.5) is 5.69 Å². The lowest BCUT2D eigenvalue weighted by atomic mass is 9.86. The predicted octanol–water partition coefficient (Wildman–Crippen LogP) is 5.64. The maximum atomic E-state index is 6.18. The van der Waals surface area contributed by atoms with E-state index < -0.39 is 0 Å². The van der Waals surface area contributed by atoms with Gasteiger partial charge in [-0.3, -0.25) is 0 Å². The lowest BCUT2D eigenvalue weighted by Gasteiger charge is -2.35. The molecular weight excluding hydrogens is 328 g/mol. The normalized spacial score (nSPS) is 16.4. The first kappa shape index (κ1) is 19.9. The van der Waals surface area contributed by atoms with E-state index in [0.29, 0.717) is 6.04 Å². The number of fused-ring (bicyclic) bond motifs is 1. The van der Waals surface area contributed by atoms with Crippen molar-refractivity contribution in [2.24, 2.45) is 0 Å². The molecule has 1 aliphatic rings. The van der Waals surface area contributed by atoms with Gasteiger partial charge in [0, 0.05) is 11.7 Å². The van der Waals surface area contributed by atoms with Crippen molar-refractivity contribution in [3.8, 4) is 0 Å². The summed E-state index contributed by atoms with van der Waals surface area (Å²) >= 11 is 0. The molecule has 2 N–H and O–H groups in total. The molecule has 0 saturated heterocycles. The van der Waals surface area contributed by atoms with Crippen LogP contribution in [0.2, 0.25) is 0 Å². The number of aryl methyl sites for hydroxylation is 1. The van der Waals surface area contributed by atoms with Gasteiger partial charge in [0.15, 0.2) is 0 Å². The van der Waals surface area contributed by atoms with Crippen LogP contribution in [0, 0.1) is 0 Å². The Labute approximate surface area is 165 Å². The summed E-state index contributed by atoms with van der Waals surface area (Å²) in [5.74, 6) is 0. The summed E-state index contributed by atoms with van der Waals surface area (Å²) in [6.07, 6.45) is 11.4. The number of benzene rings is 2. The van der Waals surface area contributed by atoms with Crippen LogP contribution in [0.15, 0.2) is 48.5 Å². The van der Waals surface area contributed by atoms with Gasteiger partial charge in [-0.05, 0) is 80.8 Å². The Morgan fingerprint density at radius 2 is 1.74 bits per heavy atom. The number of nitrogens with zero attached hydrogens (tertiary/aromatic N) is 1. The van der Waals surface area contributed by atoms with Crippen LogP contribution in [-0.2, 0) is 19.3 Å². The molecule has 27 heavy (non-hydrogen) atoms.